The molecule has 0 aliphatic rings. The van der Waals surface area contributed by atoms with Crippen molar-refractivity contribution in [1.82, 2.24) is 18.8 Å². The first kappa shape index (κ1) is 26.2. The lowest BCUT2D eigenvalue weighted by atomic mass is 10.2. The molecule has 4 aromatic rings. The third-order valence-electron chi connectivity index (χ3n) is 5.35. The monoisotopic (exact) mass is 536 g/mol. The van der Waals surface area contributed by atoms with Gasteiger partial charge in [0.1, 0.15) is 11.5 Å². The maximum atomic E-state index is 13.3. The van der Waals surface area contributed by atoms with Crippen LogP contribution in [-0.2, 0) is 13.1 Å². The molecule has 14 heteroatoms. The Labute approximate surface area is 219 Å². The number of nitrogens with two attached hydrogens (primary N) is 1. The first-order valence-electron chi connectivity index (χ1n) is 11.3. The Morgan fingerprint density at radius 2 is 1.66 bits per heavy atom. The molecule has 0 saturated carbocycles. The summed E-state index contributed by atoms with van der Waals surface area (Å²) < 4.78 is 8.68. The second-order valence-electron chi connectivity index (χ2n) is 7.95. The summed E-state index contributed by atoms with van der Waals surface area (Å²) in [5.74, 6) is 6.89. The van der Waals surface area contributed by atoms with Crippen molar-refractivity contribution in [3.05, 3.63) is 114 Å². The smallest absolute Gasteiger partial charge is 0.353 e. The normalized spacial score (nSPS) is 11.3. The van der Waals surface area contributed by atoms with Gasteiger partial charge in [-0.25, -0.2) is 24.1 Å². The molecule has 0 aliphatic carbocycles. The summed E-state index contributed by atoms with van der Waals surface area (Å²) in [5, 5.41) is 6.07. The number of aromatic nitrogens is 4. The molecule has 0 aliphatic heterocycles. The van der Waals surface area contributed by atoms with Gasteiger partial charge >= 0.3 is 11.4 Å². The van der Waals surface area contributed by atoms with E-state index in [-0.39, 0.29) is 37.5 Å². The highest BCUT2D eigenvalue weighted by Gasteiger charge is 2.14. The summed E-state index contributed by atoms with van der Waals surface area (Å²) in [6.07, 6.45) is 1.59. The maximum absolute atomic E-state index is 13.3. The molecule has 0 atom stereocenters. The van der Waals surface area contributed by atoms with Gasteiger partial charge in [0.25, 0.3) is 0 Å². The summed E-state index contributed by atoms with van der Waals surface area (Å²) in [6.45, 7) is -0.0425. The van der Waals surface area contributed by atoms with Crippen LogP contribution < -0.4 is 27.6 Å². The van der Waals surface area contributed by atoms with Crippen molar-refractivity contribution in [3.63, 3.8) is 0 Å². The third-order valence-corrected chi connectivity index (χ3v) is 5.60. The van der Waals surface area contributed by atoms with E-state index in [0.717, 1.165) is 14.8 Å². The van der Waals surface area contributed by atoms with Crippen molar-refractivity contribution >= 4 is 23.1 Å². The molecule has 0 unspecified atom stereocenters. The van der Waals surface area contributed by atoms with E-state index in [1.54, 1.807) is 54.6 Å². The van der Waals surface area contributed by atoms with Crippen molar-refractivity contribution in [1.29, 1.82) is 0 Å². The Morgan fingerprint density at radius 1 is 0.921 bits per heavy atom. The van der Waals surface area contributed by atoms with Crippen LogP contribution in [-0.4, -0.2) is 25.3 Å². The first-order chi connectivity index (χ1) is 18.4. The lowest BCUT2D eigenvalue weighted by Gasteiger charge is -2.14. The molecular formula is C24H21ClN8O5. The van der Waals surface area contributed by atoms with Crippen LogP contribution in [0.1, 0.15) is 12.0 Å². The van der Waals surface area contributed by atoms with Gasteiger partial charge in [-0.2, -0.15) is 9.58 Å². The Bertz CT molecular complexity index is 1640. The van der Waals surface area contributed by atoms with Crippen LogP contribution in [0.15, 0.2) is 91.8 Å². The number of hydrogen-bond donors (Lipinski definition) is 1. The number of nitroso groups, excluding NO2 is 2. The minimum atomic E-state index is -0.788. The summed E-state index contributed by atoms with van der Waals surface area (Å²) in [7, 11) is 0. The number of benzene rings is 2. The summed E-state index contributed by atoms with van der Waals surface area (Å²) >= 11 is 5.98. The van der Waals surface area contributed by atoms with E-state index in [2.05, 4.69) is 20.3 Å². The Kier molecular flexibility index (Phi) is 8.18. The van der Waals surface area contributed by atoms with Crippen LogP contribution in [0, 0.1) is 9.81 Å². The zero-order valence-corrected chi connectivity index (χ0v) is 20.6. The number of hydrogen-bond acceptors (Lipinski definition) is 10. The predicted molar refractivity (Wildman–Crippen MR) is 140 cm³/mol. The van der Waals surface area contributed by atoms with Crippen molar-refractivity contribution in [2.75, 3.05) is 12.4 Å². The van der Waals surface area contributed by atoms with E-state index in [9.17, 15) is 19.4 Å². The van der Waals surface area contributed by atoms with E-state index >= 15 is 0 Å². The van der Waals surface area contributed by atoms with Crippen molar-refractivity contribution < 1.29 is 4.74 Å². The number of rotatable bonds is 10. The van der Waals surface area contributed by atoms with Gasteiger partial charge in [0.05, 0.1) is 18.8 Å². The predicted octanol–water partition coefficient (Wildman–Crippen LogP) is 3.20. The van der Waals surface area contributed by atoms with Crippen LogP contribution in [0.3, 0.4) is 0 Å². The quantitative estimate of drug-likeness (QED) is 0.184. The van der Waals surface area contributed by atoms with Crippen LogP contribution in [0.25, 0.3) is 0 Å². The number of halogens is 1. The Morgan fingerprint density at radius 3 is 2.34 bits per heavy atom. The fraction of sp³-hybridized carbons (Fsp3) is 0.167. The minimum absolute atomic E-state index is 0.0163. The largest absolute Gasteiger partial charge is 0.457 e. The lowest BCUT2D eigenvalue weighted by molar-refractivity contribution is 0.480. The maximum Gasteiger partial charge on any atom is 0.353 e. The van der Waals surface area contributed by atoms with Gasteiger partial charge in [0, 0.05) is 23.8 Å². The van der Waals surface area contributed by atoms with Gasteiger partial charge in [-0.1, -0.05) is 28.9 Å². The summed E-state index contributed by atoms with van der Waals surface area (Å²) in [6, 6.07) is 16.2. The zero-order valence-electron chi connectivity index (χ0n) is 19.8. The highest BCUT2D eigenvalue weighted by atomic mass is 35.5. The van der Waals surface area contributed by atoms with Gasteiger partial charge in [0.2, 0.25) is 5.62 Å². The van der Waals surface area contributed by atoms with E-state index < -0.39 is 11.4 Å². The molecule has 0 spiro atoms. The topological polar surface area (TPSA) is 168 Å². The molecule has 0 bridgehead atoms. The van der Waals surface area contributed by atoms with Gasteiger partial charge in [-0.05, 0) is 59.6 Å². The number of pyridine rings is 1. The minimum Gasteiger partial charge on any atom is -0.457 e. The third kappa shape index (κ3) is 6.07. The second kappa shape index (κ2) is 11.9. The fourth-order valence-electron chi connectivity index (χ4n) is 3.52. The van der Waals surface area contributed by atoms with Gasteiger partial charge in [-0.3, -0.25) is 4.57 Å². The highest BCUT2D eigenvalue weighted by Crippen LogP contribution is 2.25. The number of ether oxygens (including phenoxy) is 1. The molecule has 13 nitrogen and oxygen atoms in total. The molecule has 0 saturated heterocycles. The average Bonchev–Trinajstić information content (AvgIpc) is 2.93. The molecule has 194 valence electrons. The molecule has 0 amide bonds. The molecule has 0 fully saturated rings. The molecule has 0 radical (unpaired) electrons. The average molecular weight is 537 g/mol. The van der Waals surface area contributed by atoms with Crippen LogP contribution in [0.5, 0.6) is 11.5 Å². The number of nitrogen functional groups attached to an aromatic ring is 1. The highest BCUT2D eigenvalue weighted by molar-refractivity contribution is 6.30. The van der Waals surface area contributed by atoms with Crippen LogP contribution in [0.2, 0.25) is 5.02 Å². The first-order valence-corrected chi connectivity index (χ1v) is 11.6. The molecule has 2 heterocycles. The Hall–Kier alpha value is -4.91. The molecule has 2 N–H and O–H groups in total. The van der Waals surface area contributed by atoms with Gasteiger partial charge in [-0.15, -0.1) is 4.91 Å². The SMILES string of the molecule is Nn1c(=O)n(CCCN=O)c(=O)n(Cc2ccc(Cl)cc2)/c1=N/c1ccc(Oc2ccnc(N=O)c2)cc1. The molecular weight excluding hydrogens is 516 g/mol. The summed E-state index contributed by atoms with van der Waals surface area (Å²) in [4.78, 5) is 55.6. The van der Waals surface area contributed by atoms with Crippen molar-refractivity contribution in [2.45, 2.75) is 19.5 Å². The molecule has 4 rings (SSSR count). The van der Waals surface area contributed by atoms with E-state index in [1.165, 1.54) is 16.8 Å². The standard InChI is InChI=1S/C24H21ClN8O5/c25-17-4-2-16(3-5-17)15-32-22(33(26)24(35)31(23(32)34)13-1-11-28-36)29-18-6-8-19(9-7-18)38-20-10-12-27-21(14-20)30-37/h2-10,12,14H,1,11,13,15,26H2/b29-22-. The summed E-state index contributed by atoms with van der Waals surface area (Å²) in [5.41, 5.74) is -0.423. The van der Waals surface area contributed by atoms with Crippen molar-refractivity contribution in [2.24, 2.45) is 15.3 Å². The van der Waals surface area contributed by atoms with E-state index in [4.69, 9.17) is 22.2 Å². The van der Waals surface area contributed by atoms with Crippen LogP contribution >= 0.6 is 11.6 Å². The van der Waals surface area contributed by atoms with Crippen molar-refractivity contribution in [3.8, 4) is 11.5 Å². The zero-order chi connectivity index (χ0) is 27.1. The number of nitrogens with zero attached hydrogens (tertiary/aromatic N) is 7. The molecule has 2 aromatic carbocycles. The Balaban J connectivity index is 1.75. The van der Waals surface area contributed by atoms with Crippen LogP contribution in [0.4, 0.5) is 11.5 Å². The van der Waals surface area contributed by atoms with E-state index in [0.29, 0.717) is 22.2 Å². The molecule has 38 heavy (non-hydrogen) atoms. The lowest BCUT2D eigenvalue weighted by Crippen LogP contribution is -2.57. The van der Waals surface area contributed by atoms with Gasteiger partial charge < -0.3 is 10.6 Å². The second-order valence-corrected chi connectivity index (χ2v) is 8.39. The molecule has 2 aromatic heterocycles. The van der Waals surface area contributed by atoms with Gasteiger partial charge in [0.15, 0.2) is 5.82 Å². The van der Waals surface area contributed by atoms with E-state index in [1.807, 2.05) is 0 Å². The fourth-order valence-corrected chi connectivity index (χ4v) is 3.65.